The van der Waals surface area contributed by atoms with Crippen LogP contribution in [0.2, 0.25) is 0 Å². The van der Waals surface area contributed by atoms with Crippen LogP contribution in [-0.2, 0) is 24.0 Å². The van der Waals surface area contributed by atoms with Gasteiger partial charge < -0.3 is 40.9 Å². The van der Waals surface area contributed by atoms with E-state index in [1.165, 1.54) is 6.92 Å². The van der Waals surface area contributed by atoms with Gasteiger partial charge in [0.05, 0.1) is 12.8 Å². The van der Waals surface area contributed by atoms with Crippen LogP contribution in [0.1, 0.15) is 19.8 Å². The highest BCUT2D eigenvalue weighted by atomic mass is 16.4. The zero-order chi connectivity index (χ0) is 20.1. The lowest BCUT2D eigenvalue weighted by Crippen LogP contribution is -2.42. The number of aliphatic hydroxyl groups excluding tert-OH is 2. The fraction of sp³-hybridized carbons (Fsp3) is 0.545. The molecule has 0 saturated heterocycles. The maximum atomic E-state index is 10.3. The van der Waals surface area contributed by atoms with E-state index in [-0.39, 0.29) is 0 Å². The highest BCUT2D eigenvalue weighted by Gasteiger charge is 2.40. The van der Waals surface area contributed by atoms with Gasteiger partial charge in [-0.3, -0.25) is 9.59 Å². The summed E-state index contributed by atoms with van der Waals surface area (Å²) in [5, 5.41) is 64.6. The van der Waals surface area contributed by atoms with Crippen LogP contribution in [0.4, 0.5) is 0 Å². The van der Waals surface area contributed by atoms with Crippen molar-refractivity contribution in [3.8, 4) is 0 Å². The van der Waals surface area contributed by atoms with Crippen LogP contribution >= 0.6 is 0 Å². The lowest BCUT2D eigenvalue weighted by atomic mass is 9.96. The average molecular weight is 358 g/mol. The Morgan fingerprint density at radius 2 is 1.08 bits per heavy atom. The molecule has 0 bridgehead atoms. The van der Waals surface area contributed by atoms with E-state index >= 15 is 0 Å². The molecule has 0 fully saturated rings. The summed E-state index contributed by atoms with van der Waals surface area (Å²) in [5.41, 5.74) is -2.74. The normalized spacial score (nSPS) is 10.8. The van der Waals surface area contributed by atoms with Gasteiger partial charge in [0.2, 0.25) is 0 Å². The first-order valence-electron chi connectivity index (χ1n) is 5.82. The Hall–Kier alpha value is -2.77. The predicted molar refractivity (Wildman–Crippen MR) is 71.1 cm³/mol. The highest BCUT2D eigenvalue weighted by Crippen LogP contribution is 2.15. The Bertz CT molecular complexity index is 437. The summed E-state index contributed by atoms with van der Waals surface area (Å²) in [7, 11) is 0. The van der Waals surface area contributed by atoms with Crippen LogP contribution in [0.15, 0.2) is 0 Å². The van der Waals surface area contributed by atoms with Crippen LogP contribution in [0.3, 0.4) is 0 Å². The average Bonchev–Trinajstić information content (AvgIpc) is 2.37. The second-order valence-corrected chi connectivity index (χ2v) is 4.04. The van der Waals surface area contributed by atoms with Gasteiger partial charge in [-0.05, 0) is 6.92 Å². The number of carboxylic acids is 5. The summed E-state index contributed by atoms with van der Waals surface area (Å²) >= 11 is 0. The van der Waals surface area contributed by atoms with Crippen molar-refractivity contribution in [3.05, 3.63) is 0 Å². The van der Waals surface area contributed by atoms with Gasteiger partial charge in [0.1, 0.15) is 12.7 Å². The number of aliphatic carboxylic acids is 5. The third-order valence-electron chi connectivity index (χ3n) is 1.78. The van der Waals surface area contributed by atoms with Crippen molar-refractivity contribution in [3.63, 3.8) is 0 Å². The number of aliphatic hydroxyl groups is 3. The number of hydrogen-bond acceptors (Lipinski definition) is 8. The number of hydrogen-bond donors (Lipinski definition) is 8. The van der Waals surface area contributed by atoms with E-state index in [1.807, 2.05) is 0 Å². The van der Waals surface area contributed by atoms with Crippen LogP contribution in [0, 0.1) is 0 Å². The van der Waals surface area contributed by atoms with Gasteiger partial charge in [-0.15, -0.1) is 0 Å². The Morgan fingerprint density at radius 3 is 1.17 bits per heavy atom. The molecule has 0 radical (unpaired) electrons. The van der Waals surface area contributed by atoms with Crippen molar-refractivity contribution in [2.45, 2.75) is 31.5 Å². The van der Waals surface area contributed by atoms with Crippen molar-refractivity contribution in [2.75, 3.05) is 6.61 Å². The fourth-order valence-corrected chi connectivity index (χ4v) is 0.714. The summed E-state index contributed by atoms with van der Waals surface area (Å²) in [5.74, 6) is -7.39. The zero-order valence-corrected chi connectivity index (χ0v) is 12.3. The lowest BCUT2D eigenvalue weighted by Gasteiger charge is -2.18. The van der Waals surface area contributed by atoms with E-state index in [1.54, 1.807) is 0 Å². The summed E-state index contributed by atoms with van der Waals surface area (Å²) in [6.07, 6.45) is -3.52. The minimum atomic E-state index is -2.74. The quantitative estimate of drug-likeness (QED) is 0.230. The fourth-order valence-electron chi connectivity index (χ4n) is 0.714. The van der Waals surface area contributed by atoms with Gasteiger partial charge in [-0.2, -0.15) is 0 Å². The van der Waals surface area contributed by atoms with E-state index in [2.05, 4.69) is 0 Å². The molecular weight excluding hydrogens is 340 g/mol. The molecule has 0 rings (SSSR count). The van der Waals surface area contributed by atoms with Gasteiger partial charge in [0, 0.05) is 0 Å². The Labute approximate surface area is 134 Å². The topological polar surface area (TPSA) is 247 Å². The molecule has 0 amide bonds. The molecule has 0 heterocycles. The molecule has 1 unspecified atom stereocenters. The predicted octanol–water partition coefficient (Wildman–Crippen LogP) is -2.73. The zero-order valence-electron chi connectivity index (χ0n) is 12.3. The molecule has 0 spiro atoms. The van der Waals surface area contributed by atoms with Gasteiger partial charge in [0.25, 0.3) is 0 Å². The largest absolute Gasteiger partial charge is 0.481 e. The molecule has 8 N–H and O–H groups in total. The number of rotatable bonds is 7. The number of carboxylic acid groups (broad SMARTS) is 5. The second kappa shape index (κ2) is 12.7. The number of carbonyl (C=O) groups is 5. The van der Waals surface area contributed by atoms with E-state index in [0.29, 0.717) is 0 Å². The molecular formula is C11H18O13. The first kappa shape index (κ1) is 26.1. The standard InChI is InChI=1S/C6H8O7.C3H6O3.C2H4O3/c7-3(8)1-6(13,5(11)12)2-4(9)10;1-2(4)3(5)6;3-1-2(4)5/h13H,1-2H2,(H,7,8)(H,9,10)(H,11,12);2,4H,1H3,(H,5,6);3H,1H2,(H,4,5). The molecule has 0 aliphatic rings. The van der Waals surface area contributed by atoms with E-state index < -0.39 is 61.0 Å². The monoisotopic (exact) mass is 358 g/mol. The van der Waals surface area contributed by atoms with Crippen LogP contribution in [0.5, 0.6) is 0 Å². The van der Waals surface area contributed by atoms with E-state index in [0.717, 1.165) is 0 Å². The molecule has 0 saturated carbocycles. The maximum Gasteiger partial charge on any atom is 0.336 e. The van der Waals surface area contributed by atoms with Crippen molar-refractivity contribution < 1.29 is 64.8 Å². The first-order chi connectivity index (χ1) is 10.7. The molecule has 0 aromatic heterocycles. The van der Waals surface area contributed by atoms with Gasteiger partial charge in [-0.25, -0.2) is 14.4 Å². The summed E-state index contributed by atoms with van der Waals surface area (Å²) in [6.45, 7) is 0.419. The molecule has 13 heteroatoms. The minimum absolute atomic E-state index is 0.778. The van der Waals surface area contributed by atoms with Crippen molar-refractivity contribution >= 4 is 29.8 Å². The summed E-state index contributed by atoms with van der Waals surface area (Å²) < 4.78 is 0. The molecule has 0 aliphatic heterocycles. The minimum Gasteiger partial charge on any atom is -0.481 e. The van der Waals surface area contributed by atoms with Gasteiger partial charge >= 0.3 is 29.8 Å². The first-order valence-corrected chi connectivity index (χ1v) is 5.82. The SMILES string of the molecule is CC(O)C(=O)O.O=C(O)CC(O)(CC(=O)O)C(=O)O.O=C(O)CO. The Balaban J connectivity index is -0.000000332. The van der Waals surface area contributed by atoms with Crippen molar-refractivity contribution in [2.24, 2.45) is 0 Å². The summed E-state index contributed by atoms with van der Waals surface area (Å²) in [4.78, 5) is 49.1. The lowest BCUT2D eigenvalue weighted by molar-refractivity contribution is -0.170. The molecule has 0 aliphatic carbocycles. The van der Waals surface area contributed by atoms with E-state index in [4.69, 9.17) is 45.6 Å². The molecule has 13 nitrogen and oxygen atoms in total. The third kappa shape index (κ3) is 17.3. The Kier molecular flexibility index (Phi) is 13.9. The third-order valence-corrected chi connectivity index (χ3v) is 1.78. The van der Waals surface area contributed by atoms with Crippen molar-refractivity contribution in [1.29, 1.82) is 0 Å². The molecule has 0 aromatic rings. The van der Waals surface area contributed by atoms with Crippen LogP contribution in [0.25, 0.3) is 0 Å². The van der Waals surface area contributed by atoms with Crippen LogP contribution < -0.4 is 0 Å². The highest BCUT2D eigenvalue weighted by molar-refractivity contribution is 5.88. The van der Waals surface area contributed by atoms with Gasteiger partial charge in [0.15, 0.2) is 5.60 Å². The van der Waals surface area contributed by atoms with Crippen molar-refractivity contribution in [1.82, 2.24) is 0 Å². The second-order valence-electron chi connectivity index (χ2n) is 4.04. The summed E-state index contributed by atoms with van der Waals surface area (Å²) in [6, 6.07) is 0. The molecule has 24 heavy (non-hydrogen) atoms. The van der Waals surface area contributed by atoms with E-state index in [9.17, 15) is 19.2 Å². The smallest absolute Gasteiger partial charge is 0.336 e. The van der Waals surface area contributed by atoms with Gasteiger partial charge in [-0.1, -0.05) is 0 Å². The molecule has 0 aromatic carbocycles. The molecule has 140 valence electrons. The maximum absolute atomic E-state index is 10.3. The Morgan fingerprint density at radius 1 is 0.833 bits per heavy atom. The molecule has 1 atom stereocenters. The van der Waals surface area contributed by atoms with Crippen LogP contribution in [-0.4, -0.2) is 89.0 Å².